The molecule has 0 bridgehead atoms. The van der Waals surface area contributed by atoms with Gasteiger partial charge in [-0.05, 0) is 68.6 Å². The van der Waals surface area contributed by atoms with Gasteiger partial charge in [-0.25, -0.2) is 17.5 Å². The SMILES string of the molecule is CC(C)(C)NS(=O)(=O)c1ccc(C(=O)N(Cc2cccs2)c2ccc(F)cc2)o1. The molecule has 2 heterocycles. The number of thiophene rings is 1. The summed E-state index contributed by atoms with van der Waals surface area (Å²) in [6.07, 6.45) is 0. The molecule has 1 N–H and O–H groups in total. The number of amides is 1. The van der Waals surface area contributed by atoms with Crippen molar-refractivity contribution in [2.24, 2.45) is 0 Å². The minimum atomic E-state index is -3.91. The van der Waals surface area contributed by atoms with Crippen LogP contribution in [0.1, 0.15) is 36.2 Å². The standard InChI is InChI=1S/C20H21FN2O4S2/c1-20(2,3)22-29(25,26)18-11-10-17(27-18)19(24)23(13-16-5-4-12-28-16)15-8-6-14(21)7-9-15/h4-12,22H,13H2,1-3H3. The summed E-state index contributed by atoms with van der Waals surface area (Å²) in [4.78, 5) is 15.4. The number of nitrogens with zero attached hydrogens (tertiary/aromatic N) is 1. The fraction of sp³-hybridized carbons (Fsp3) is 0.250. The molecule has 0 unspecified atom stereocenters. The molecular weight excluding hydrogens is 415 g/mol. The van der Waals surface area contributed by atoms with E-state index >= 15 is 0 Å². The molecule has 0 saturated heterocycles. The van der Waals surface area contributed by atoms with Gasteiger partial charge in [-0.3, -0.25) is 4.79 Å². The van der Waals surface area contributed by atoms with Crippen LogP contribution < -0.4 is 9.62 Å². The van der Waals surface area contributed by atoms with Gasteiger partial charge < -0.3 is 9.32 Å². The Labute approximate surface area is 173 Å². The predicted molar refractivity (Wildman–Crippen MR) is 110 cm³/mol. The molecule has 3 rings (SSSR count). The quantitative estimate of drug-likeness (QED) is 0.621. The first-order chi connectivity index (χ1) is 13.5. The number of hydrogen-bond acceptors (Lipinski definition) is 5. The van der Waals surface area contributed by atoms with E-state index in [0.29, 0.717) is 5.69 Å². The summed E-state index contributed by atoms with van der Waals surface area (Å²) in [6.45, 7) is 5.36. The Morgan fingerprint density at radius 2 is 1.83 bits per heavy atom. The topological polar surface area (TPSA) is 79.6 Å². The van der Waals surface area contributed by atoms with Crippen molar-refractivity contribution in [2.75, 3.05) is 4.90 Å². The molecule has 0 fully saturated rings. The van der Waals surface area contributed by atoms with E-state index in [9.17, 15) is 17.6 Å². The number of anilines is 1. The third kappa shape index (κ3) is 5.31. The molecule has 9 heteroatoms. The van der Waals surface area contributed by atoms with Gasteiger partial charge in [0.1, 0.15) is 5.82 Å². The molecule has 29 heavy (non-hydrogen) atoms. The lowest BCUT2D eigenvalue weighted by Gasteiger charge is -2.21. The van der Waals surface area contributed by atoms with Gasteiger partial charge in [0.15, 0.2) is 5.76 Å². The van der Waals surface area contributed by atoms with Gasteiger partial charge in [-0.1, -0.05) is 6.07 Å². The van der Waals surface area contributed by atoms with Crippen LogP contribution in [0.4, 0.5) is 10.1 Å². The number of carbonyl (C=O) groups is 1. The highest BCUT2D eigenvalue weighted by Crippen LogP contribution is 2.24. The average molecular weight is 437 g/mol. The Hall–Kier alpha value is -2.49. The van der Waals surface area contributed by atoms with E-state index < -0.39 is 27.3 Å². The number of furan rings is 1. The molecule has 1 aromatic carbocycles. The Morgan fingerprint density at radius 1 is 1.14 bits per heavy atom. The van der Waals surface area contributed by atoms with E-state index in [4.69, 9.17) is 4.42 Å². The Balaban J connectivity index is 1.92. The van der Waals surface area contributed by atoms with E-state index in [-0.39, 0.29) is 17.4 Å². The maximum Gasteiger partial charge on any atom is 0.294 e. The largest absolute Gasteiger partial charge is 0.438 e. The van der Waals surface area contributed by atoms with E-state index in [1.165, 1.54) is 52.6 Å². The lowest BCUT2D eigenvalue weighted by molar-refractivity contribution is 0.0953. The number of hydrogen-bond donors (Lipinski definition) is 1. The molecule has 0 aliphatic rings. The highest BCUT2D eigenvalue weighted by Gasteiger charge is 2.28. The van der Waals surface area contributed by atoms with Crippen molar-refractivity contribution < 1.29 is 22.0 Å². The minimum Gasteiger partial charge on any atom is -0.438 e. The second kappa shape index (κ2) is 8.10. The molecule has 0 atom stereocenters. The zero-order valence-corrected chi connectivity index (χ0v) is 17.8. The molecule has 2 aromatic heterocycles. The molecule has 6 nitrogen and oxygen atoms in total. The summed E-state index contributed by atoms with van der Waals surface area (Å²) in [5.74, 6) is -1.07. The third-order valence-electron chi connectivity index (χ3n) is 3.78. The summed E-state index contributed by atoms with van der Waals surface area (Å²) >= 11 is 1.47. The number of benzene rings is 1. The van der Waals surface area contributed by atoms with E-state index in [1.807, 2.05) is 17.5 Å². The first kappa shape index (κ1) is 21.2. The van der Waals surface area contributed by atoms with Gasteiger partial charge >= 0.3 is 0 Å². The van der Waals surface area contributed by atoms with Gasteiger partial charge in [0.2, 0.25) is 5.09 Å². The van der Waals surface area contributed by atoms with Gasteiger partial charge in [0.25, 0.3) is 15.9 Å². The molecule has 154 valence electrons. The molecule has 0 saturated carbocycles. The average Bonchev–Trinajstić information content (AvgIpc) is 3.30. The van der Waals surface area contributed by atoms with Crippen molar-refractivity contribution in [1.29, 1.82) is 0 Å². The number of carbonyl (C=O) groups excluding carboxylic acids is 1. The van der Waals surface area contributed by atoms with Gasteiger partial charge in [0, 0.05) is 16.1 Å². The monoisotopic (exact) mass is 436 g/mol. The fourth-order valence-corrected chi connectivity index (χ4v) is 4.67. The smallest absolute Gasteiger partial charge is 0.294 e. The normalized spacial score (nSPS) is 12.1. The molecule has 3 aromatic rings. The second-order valence-electron chi connectivity index (χ2n) is 7.42. The van der Waals surface area contributed by atoms with Crippen LogP contribution in [-0.2, 0) is 16.6 Å². The lowest BCUT2D eigenvalue weighted by atomic mass is 10.1. The Bertz CT molecular complexity index is 1080. The first-order valence-electron chi connectivity index (χ1n) is 8.79. The molecule has 0 radical (unpaired) electrons. The van der Waals surface area contributed by atoms with E-state index in [0.717, 1.165) is 4.88 Å². The summed E-state index contributed by atoms with van der Waals surface area (Å²) in [7, 11) is -3.91. The predicted octanol–water partition coefficient (Wildman–Crippen LogP) is 4.40. The van der Waals surface area contributed by atoms with Crippen molar-refractivity contribution in [3.8, 4) is 0 Å². The number of nitrogens with one attached hydrogen (secondary N) is 1. The van der Waals surface area contributed by atoms with Crippen molar-refractivity contribution in [3.63, 3.8) is 0 Å². The van der Waals surface area contributed by atoms with Crippen LogP contribution in [0.25, 0.3) is 0 Å². The Morgan fingerprint density at radius 3 is 2.41 bits per heavy atom. The third-order valence-corrected chi connectivity index (χ3v) is 6.27. The number of rotatable bonds is 6. The maximum atomic E-state index is 13.3. The molecule has 0 aliphatic carbocycles. The summed E-state index contributed by atoms with van der Waals surface area (Å²) in [6, 6.07) is 11.8. The fourth-order valence-electron chi connectivity index (χ4n) is 2.63. The maximum absolute atomic E-state index is 13.3. The van der Waals surface area contributed by atoms with Gasteiger partial charge in [0.05, 0.1) is 6.54 Å². The molecule has 0 aliphatic heterocycles. The van der Waals surface area contributed by atoms with Crippen LogP contribution in [0.2, 0.25) is 0 Å². The second-order valence-corrected chi connectivity index (χ2v) is 10.1. The Kier molecular flexibility index (Phi) is 5.92. The number of sulfonamides is 1. The van der Waals surface area contributed by atoms with Crippen LogP contribution in [0.3, 0.4) is 0 Å². The van der Waals surface area contributed by atoms with Crippen molar-refractivity contribution in [1.82, 2.24) is 4.72 Å². The summed E-state index contributed by atoms with van der Waals surface area (Å²) < 4.78 is 46.1. The van der Waals surface area contributed by atoms with E-state index in [1.54, 1.807) is 20.8 Å². The van der Waals surface area contributed by atoms with Gasteiger partial charge in [-0.2, -0.15) is 0 Å². The van der Waals surface area contributed by atoms with Crippen molar-refractivity contribution in [2.45, 2.75) is 37.9 Å². The minimum absolute atomic E-state index is 0.125. The van der Waals surface area contributed by atoms with Crippen LogP contribution in [0.5, 0.6) is 0 Å². The van der Waals surface area contributed by atoms with Crippen molar-refractivity contribution in [3.05, 3.63) is 70.4 Å². The van der Waals surface area contributed by atoms with Crippen LogP contribution in [-0.4, -0.2) is 19.9 Å². The number of halogens is 1. The van der Waals surface area contributed by atoms with Crippen LogP contribution >= 0.6 is 11.3 Å². The first-order valence-corrected chi connectivity index (χ1v) is 11.1. The van der Waals surface area contributed by atoms with Crippen molar-refractivity contribution >= 4 is 33.0 Å². The lowest BCUT2D eigenvalue weighted by Crippen LogP contribution is -2.40. The zero-order valence-electron chi connectivity index (χ0n) is 16.2. The zero-order chi connectivity index (χ0) is 21.2. The highest BCUT2D eigenvalue weighted by atomic mass is 32.2. The summed E-state index contributed by atoms with van der Waals surface area (Å²) in [5.41, 5.74) is -0.229. The molecule has 1 amide bonds. The van der Waals surface area contributed by atoms with Crippen LogP contribution in [0, 0.1) is 5.82 Å². The van der Waals surface area contributed by atoms with Crippen LogP contribution in [0.15, 0.2) is 63.4 Å². The van der Waals surface area contributed by atoms with E-state index in [2.05, 4.69) is 4.72 Å². The molecular formula is C20H21FN2O4S2. The van der Waals surface area contributed by atoms with Gasteiger partial charge in [-0.15, -0.1) is 11.3 Å². The summed E-state index contributed by atoms with van der Waals surface area (Å²) in [5, 5.41) is 1.55. The highest BCUT2D eigenvalue weighted by molar-refractivity contribution is 7.89. The molecule has 0 spiro atoms.